The highest BCUT2D eigenvalue weighted by molar-refractivity contribution is 6.25. The van der Waals surface area contributed by atoms with Crippen LogP contribution in [0.2, 0.25) is 0 Å². The van der Waals surface area contributed by atoms with Gasteiger partial charge in [-0.3, -0.25) is 0 Å². The third kappa shape index (κ3) is 5.22. The Hall–Kier alpha value is -9.18. The maximum Gasteiger partial charge on any atom is 0.144 e. The molecule has 3 nitrogen and oxygen atoms in total. The Labute approximate surface area is 410 Å². The Kier molecular flexibility index (Phi) is 7.87. The van der Waals surface area contributed by atoms with Gasteiger partial charge in [-0.25, -0.2) is 0 Å². The molecule has 2 heterocycles. The number of fused-ring (bicyclic) bond motifs is 19. The summed E-state index contributed by atoms with van der Waals surface area (Å²) in [5.41, 5.74) is 26.3. The fourth-order valence-corrected chi connectivity index (χ4v) is 13.1. The molecule has 0 atom stereocenters. The van der Waals surface area contributed by atoms with Gasteiger partial charge < -0.3 is 13.7 Å². The van der Waals surface area contributed by atoms with Crippen LogP contribution in [0.5, 0.6) is 0 Å². The van der Waals surface area contributed by atoms with Gasteiger partial charge in [-0.1, -0.05) is 188 Å². The first-order valence-electron chi connectivity index (χ1n) is 24.6. The molecule has 3 aliphatic rings. The second-order valence-electron chi connectivity index (χ2n) is 19.4. The Morgan fingerprint density at radius 1 is 0.352 bits per heavy atom. The van der Waals surface area contributed by atoms with Gasteiger partial charge in [0.05, 0.1) is 11.1 Å². The Bertz CT molecular complexity index is 4350. The van der Waals surface area contributed by atoms with Crippen LogP contribution in [0.4, 0.5) is 17.1 Å². The van der Waals surface area contributed by atoms with E-state index in [1.165, 1.54) is 72.3 Å². The van der Waals surface area contributed by atoms with Crippen molar-refractivity contribution in [3.63, 3.8) is 0 Å². The lowest BCUT2D eigenvalue weighted by Gasteiger charge is -2.30. The van der Waals surface area contributed by atoms with E-state index in [1.54, 1.807) is 0 Å². The molecule has 16 rings (SSSR count). The summed E-state index contributed by atoms with van der Waals surface area (Å²) in [6, 6.07) is 86.7. The van der Waals surface area contributed by atoms with Crippen LogP contribution in [-0.4, -0.2) is 0 Å². The predicted molar refractivity (Wildman–Crippen MR) is 291 cm³/mol. The van der Waals surface area contributed by atoms with Crippen molar-refractivity contribution in [2.45, 2.75) is 11.8 Å². The van der Waals surface area contributed by atoms with Crippen molar-refractivity contribution in [1.29, 1.82) is 0 Å². The van der Waals surface area contributed by atoms with Crippen molar-refractivity contribution in [2.75, 3.05) is 4.90 Å². The molecule has 13 aromatic rings. The third-order valence-electron chi connectivity index (χ3n) is 15.9. The van der Waals surface area contributed by atoms with E-state index in [2.05, 4.69) is 241 Å². The molecule has 2 aromatic heterocycles. The summed E-state index contributed by atoms with van der Waals surface area (Å²) in [5.74, 6) is 0. The fraction of sp³-hybridized carbons (Fsp3) is 0.0294. The molecule has 3 aliphatic carbocycles. The predicted octanol–water partition coefficient (Wildman–Crippen LogP) is 18.2. The van der Waals surface area contributed by atoms with Gasteiger partial charge in [0, 0.05) is 51.0 Å². The van der Waals surface area contributed by atoms with Crippen LogP contribution in [0.1, 0.15) is 33.4 Å². The van der Waals surface area contributed by atoms with Crippen LogP contribution in [0.25, 0.3) is 99.5 Å². The van der Waals surface area contributed by atoms with Crippen LogP contribution in [0.3, 0.4) is 0 Å². The number of furan rings is 2. The van der Waals surface area contributed by atoms with Crippen molar-refractivity contribution < 1.29 is 8.83 Å². The molecule has 0 saturated carbocycles. The zero-order chi connectivity index (χ0) is 46.4. The van der Waals surface area contributed by atoms with E-state index in [9.17, 15) is 0 Å². The van der Waals surface area contributed by atoms with E-state index in [1.807, 2.05) is 0 Å². The number of rotatable bonds is 5. The Morgan fingerprint density at radius 3 is 1.80 bits per heavy atom. The largest absolute Gasteiger partial charge is 0.456 e. The smallest absolute Gasteiger partial charge is 0.144 e. The zero-order valence-electron chi connectivity index (χ0n) is 38.5. The van der Waals surface area contributed by atoms with E-state index in [0.717, 1.165) is 84.1 Å². The summed E-state index contributed by atoms with van der Waals surface area (Å²) in [5, 5.41) is 4.19. The van der Waals surface area contributed by atoms with E-state index >= 15 is 0 Å². The molecule has 330 valence electrons. The Balaban J connectivity index is 0.963. The van der Waals surface area contributed by atoms with Crippen LogP contribution < -0.4 is 4.90 Å². The summed E-state index contributed by atoms with van der Waals surface area (Å²) >= 11 is 0. The molecule has 3 heteroatoms. The van der Waals surface area contributed by atoms with Crippen molar-refractivity contribution >= 4 is 60.9 Å². The summed E-state index contributed by atoms with van der Waals surface area (Å²) < 4.78 is 14.3. The molecule has 0 saturated heterocycles. The van der Waals surface area contributed by atoms with E-state index in [4.69, 9.17) is 8.83 Å². The standard InChI is InChI=1S/C68H41NO2/c1-2-17-41(18-3-1)42-20-14-21-44(37-42)69(60-33-16-27-47-46-22-5-4-19-43(46)38-54(47)60)45-35-36-50-55-40-63-65(52-26-9-13-34-61(52)70-63)66(67(55)71-62(50)39-45)53-28-15-32-59-64(53)51-25-8-12-31-58(51)68(59)56-29-10-6-23-48(56)49-24-7-11-30-57(49)68/h1-37,39-40H,38H2. The van der Waals surface area contributed by atoms with Crippen LogP contribution in [-0.2, 0) is 11.8 Å². The van der Waals surface area contributed by atoms with Gasteiger partial charge >= 0.3 is 0 Å². The summed E-state index contributed by atoms with van der Waals surface area (Å²) in [4.78, 5) is 2.43. The first-order chi connectivity index (χ1) is 35.2. The molecular weight excluding hydrogens is 863 g/mol. The van der Waals surface area contributed by atoms with E-state index < -0.39 is 5.41 Å². The molecule has 0 bridgehead atoms. The van der Waals surface area contributed by atoms with Crippen molar-refractivity contribution in [3.05, 3.63) is 270 Å². The van der Waals surface area contributed by atoms with Crippen LogP contribution >= 0.6 is 0 Å². The normalized spacial score (nSPS) is 13.4. The maximum absolute atomic E-state index is 7.47. The molecular formula is C68H41NO2. The number of anilines is 3. The Morgan fingerprint density at radius 2 is 0.972 bits per heavy atom. The van der Waals surface area contributed by atoms with Gasteiger partial charge in [-0.15, -0.1) is 0 Å². The minimum absolute atomic E-state index is 0.483. The second-order valence-corrected chi connectivity index (χ2v) is 19.4. The van der Waals surface area contributed by atoms with E-state index in [-0.39, 0.29) is 0 Å². The van der Waals surface area contributed by atoms with Crippen molar-refractivity contribution in [2.24, 2.45) is 0 Å². The topological polar surface area (TPSA) is 29.5 Å². The van der Waals surface area contributed by atoms with Gasteiger partial charge in [0.2, 0.25) is 0 Å². The zero-order valence-corrected chi connectivity index (χ0v) is 38.5. The highest BCUT2D eigenvalue weighted by atomic mass is 16.3. The molecule has 71 heavy (non-hydrogen) atoms. The average molecular weight is 904 g/mol. The van der Waals surface area contributed by atoms with Gasteiger partial charge in [0.15, 0.2) is 0 Å². The average Bonchev–Trinajstić information content (AvgIpc) is 4.25. The van der Waals surface area contributed by atoms with E-state index in [0.29, 0.717) is 0 Å². The highest BCUT2D eigenvalue weighted by Gasteiger charge is 2.52. The molecule has 0 fully saturated rings. The molecule has 0 amide bonds. The minimum Gasteiger partial charge on any atom is -0.456 e. The first-order valence-corrected chi connectivity index (χ1v) is 24.6. The second kappa shape index (κ2) is 14.4. The molecule has 1 spiro atoms. The molecule has 0 aliphatic heterocycles. The number of benzene rings is 11. The lowest BCUT2D eigenvalue weighted by atomic mass is 9.70. The third-order valence-corrected chi connectivity index (χ3v) is 15.9. The first kappa shape index (κ1) is 38.8. The summed E-state index contributed by atoms with van der Waals surface area (Å²) in [7, 11) is 0. The molecule has 0 radical (unpaired) electrons. The monoisotopic (exact) mass is 903 g/mol. The molecule has 11 aromatic carbocycles. The number of hydrogen-bond acceptors (Lipinski definition) is 3. The summed E-state index contributed by atoms with van der Waals surface area (Å²) in [6.45, 7) is 0. The number of hydrogen-bond donors (Lipinski definition) is 0. The summed E-state index contributed by atoms with van der Waals surface area (Å²) in [6.07, 6.45) is 0.864. The quantitative estimate of drug-likeness (QED) is 0.172. The lowest BCUT2D eigenvalue weighted by molar-refractivity contribution is 0.664. The molecule has 0 N–H and O–H groups in total. The van der Waals surface area contributed by atoms with Crippen molar-refractivity contribution in [3.8, 4) is 55.6 Å². The van der Waals surface area contributed by atoms with Crippen LogP contribution in [0, 0.1) is 0 Å². The maximum atomic E-state index is 7.47. The van der Waals surface area contributed by atoms with Gasteiger partial charge in [0.25, 0.3) is 0 Å². The minimum atomic E-state index is -0.483. The van der Waals surface area contributed by atoms with Crippen LogP contribution in [0.15, 0.2) is 245 Å². The number of para-hydroxylation sites is 1. The fourth-order valence-electron chi connectivity index (χ4n) is 13.1. The SMILES string of the molecule is c1ccc(-c2cccc(N(c3ccc4c(c3)oc3c(-c5cccc6c5-c5ccccc5C65c6ccccc6-c6ccccc65)c5c(cc34)oc3ccccc35)c3cccc4c3Cc3ccccc3-4)c2)cc1. The molecule has 0 unspecified atom stereocenters. The van der Waals surface area contributed by atoms with Crippen molar-refractivity contribution in [1.82, 2.24) is 0 Å². The highest BCUT2D eigenvalue weighted by Crippen LogP contribution is 2.64. The van der Waals surface area contributed by atoms with Gasteiger partial charge in [0.1, 0.15) is 22.3 Å². The van der Waals surface area contributed by atoms with Gasteiger partial charge in [-0.2, -0.15) is 0 Å². The lowest BCUT2D eigenvalue weighted by Crippen LogP contribution is -2.25. The van der Waals surface area contributed by atoms with Gasteiger partial charge in [-0.05, 0) is 126 Å². The number of nitrogens with zero attached hydrogens (tertiary/aromatic N) is 1.